The van der Waals surface area contributed by atoms with Crippen molar-refractivity contribution in [2.24, 2.45) is 4.36 Å². The highest BCUT2D eigenvalue weighted by atomic mass is 32.2. The molecule has 0 atom stereocenters. The van der Waals surface area contributed by atoms with Crippen molar-refractivity contribution in [3.8, 4) is 11.6 Å². The lowest BCUT2D eigenvalue weighted by Crippen LogP contribution is -2.27. The van der Waals surface area contributed by atoms with Crippen molar-refractivity contribution in [2.45, 2.75) is 26.4 Å². The van der Waals surface area contributed by atoms with Gasteiger partial charge in [0.05, 0.1) is 13.7 Å². The second-order valence-electron chi connectivity index (χ2n) is 9.93. The van der Waals surface area contributed by atoms with Crippen LogP contribution in [0.3, 0.4) is 0 Å². The number of nitrogens with one attached hydrogen (secondary N) is 1. The number of benzene rings is 1. The summed E-state index contributed by atoms with van der Waals surface area (Å²) in [6.45, 7) is 8.06. The van der Waals surface area contributed by atoms with Crippen LogP contribution in [0.4, 0.5) is 17.5 Å². The van der Waals surface area contributed by atoms with Crippen LogP contribution >= 0.6 is 0 Å². The number of aryl methyl sites for hydroxylation is 1. The number of allylic oxidation sites excluding steroid dienone is 1. The van der Waals surface area contributed by atoms with Crippen LogP contribution in [0.1, 0.15) is 16.7 Å². The van der Waals surface area contributed by atoms with E-state index in [1.807, 2.05) is 0 Å². The molecule has 0 saturated heterocycles. The number of anilines is 2. The second-order valence-corrected chi connectivity index (χ2v) is 12.5. The number of pyridine rings is 1. The Kier molecular flexibility index (Phi) is 7.00. The number of aromatic nitrogens is 5. The first-order valence-corrected chi connectivity index (χ1v) is 14.8. The lowest BCUT2D eigenvalue weighted by molar-refractivity contribution is 0.312. The SMILES string of the molecule is C=CCn1c(=O)c2cnc(Nc3cc(C)c4c(c3)CN(C)CC4)nc2n1-c1ccc(OC)c(N=S(C)(C)=O)n1. The molecule has 0 unspecified atom stereocenters. The molecule has 1 aromatic carbocycles. The van der Waals surface area contributed by atoms with Crippen molar-refractivity contribution < 1.29 is 8.95 Å². The number of fused-ring (bicyclic) bond motifs is 2. The fourth-order valence-electron chi connectivity index (χ4n) is 4.85. The number of ether oxygens (including phenoxy) is 1. The summed E-state index contributed by atoms with van der Waals surface area (Å²) >= 11 is 0. The Morgan fingerprint density at radius 1 is 1.26 bits per heavy atom. The van der Waals surface area contributed by atoms with Gasteiger partial charge in [0.25, 0.3) is 5.56 Å². The summed E-state index contributed by atoms with van der Waals surface area (Å²) in [6, 6.07) is 7.60. The fourth-order valence-corrected chi connectivity index (χ4v) is 5.40. The van der Waals surface area contributed by atoms with Gasteiger partial charge in [-0.15, -0.1) is 6.58 Å². The van der Waals surface area contributed by atoms with E-state index in [2.05, 4.69) is 57.2 Å². The van der Waals surface area contributed by atoms with Gasteiger partial charge in [-0.1, -0.05) is 6.08 Å². The van der Waals surface area contributed by atoms with Crippen LogP contribution in [0.2, 0.25) is 0 Å². The van der Waals surface area contributed by atoms with E-state index in [0.29, 0.717) is 28.5 Å². The van der Waals surface area contributed by atoms with Gasteiger partial charge in [-0.05, 0) is 61.3 Å². The Labute approximate surface area is 227 Å². The van der Waals surface area contributed by atoms with E-state index in [1.165, 1.54) is 47.2 Å². The van der Waals surface area contributed by atoms with Crippen LogP contribution in [-0.4, -0.2) is 66.6 Å². The third-order valence-electron chi connectivity index (χ3n) is 6.55. The summed E-state index contributed by atoms with van der Waals surface area (Å²) in [6.07, 6.45) is 7.20. The molecule has 0 fully saturated rings. The van der Waals surface area contributed by atoms with Gasteiger partial charge in [-0.25, -0.2) is 23.5 Å². The minimum atomic E-state index is -2.52. The smallest absolute Gasteiger partial charge is 0.278 e. The number of rotatable bonds is 7. The first kappa shape index (κ1) is 26.6. The minimum Gasteiger partial charge on any atom is -0.493 e. The molecule has 12 heteroatoms. The summed E-state index contributed by atoms with van der Waals surface area (Å²) in [4.78, 5) is 29.4. The normalized spacial score (nSPS) is 13.8. The topological polar surface area (TPSA) is 120 Å². The van der Waals surface area contributed by atoms with Crippen molar-refractivity contribution in [1.29, 1.82) is 0 Å². The minimum absolute atomic E-state index is 0.173. The van der Waals surface area contributed by atoms with E-state index in [-0.39, 0.29) is 17.9 Å². The largest absolute Gasteiger partial charge is 0.493 e. The monoisotopic (exact) mass is 548 g/mol. The highest BCUT2D eigenvalue weighted by Crippen LogP contribution is 2.29. The average molecular weight is 549 g/mol. The van der Waals surface area contributed by atoms with Gasteiger partial charge in [0.1, 0.15) is 5.39 Å². The molecule has 4 heterocycles. The van der Waals surface area contributed by atoms with Gasteiger partial charge in [0, 0.05) is 47.2 Å². The van der Waals surface area contributed by atoms with Crippen LogP contribution in [0.5, 0.6) is 5.75 Å². The Bertz CT molecular complexity index is 1770. The summed E-state index contributed by atoms with van der Waals surface area (Å²) < 4.78 is 25.2. The Balaban J connectivity index is 1.65. The summed E-state index contributed by atoms with van der Waals surface area (Å²) in [5.41, 5.74) is 4.86. The second kappa shape index (κ2) is 10.3. The fraction of sp³-hybridized carbons (Fsp3) is 0.333. The highest BCUT2D eigenvalue weighted by Gasteiger charge is 2.20. The standard InChI is InChI=1S/C27H32N8O3S/c1-7-11-34-26(36)21-15-28-27(29-19-13-17(2)20-10-12-33(3)16-18(20)14-19)31-25(21)35(34)23-9-8-22(38-4)24(30-23)32-39(5,6)37/h7-9,13-15H,1,10-12,16H2,2-6H3,(H,28,29,31). The maximum Gasteiger partial charge on any atom is 0.278 e. The lowest BCUT2D eigenvalue weighted by Gasteiger charge is -2.27. The molecule has 0 amide bonds. The zero-order chi connectivity index (χ0) is 27.9. The van der Waals surface area contributed by atoms with E-state index in [1.54, 1.807) is 22.9 Å². The van der Waals surface area contributed by atoms with Crippen molar-refractivity contribution in [3.05, 3.63) is 70.2 Å². The molecule has 11 nitrogen and oxygen atoms in total. The molecule has 3 aromatic heterocycles. The molecule has 204 valence electrons. The predicted molar refractivity (Wildman–Crippen MR) is 154 cm³/mol. The number of hydrogen-bond donors (Lipinski definition) is 1. The van der Waals surface area contributed by atoms with Gasteiger partial charge in [0.2, 0.25) is 11.8 Å². The Morgan fingerprint density at radius 2 is 2.05 bits per heavy atom. The van der Waals surface area contributed by atoms with Crippen molar-refractivity contribution in [1.82, 2.24) is 29.2 Å². The quantitative estimate of drug-likeness (QED) is 0.348. The average Bonchev–Trinajstić information content (AvgIpc) is 3.13. The molecule has 1 N–H and O–H groups in total. The molecule has 0 aliphatic carbocycles. The summed E-state index contributed by atoms with van der Waals surface area (Å²) in [5, 5.41) is 3.65. The predicted octanol–water partition coefficient (Wildman–Crippen LogP) is 3.57. The number of methoxy groups -OCH3 is 1. The molecule has 0 spiro atoms. The van der Waals surface area contributed by atoms with Gasteiger partial charge < -0.3 is 15.0 Å². The van der Waals surface area contributed by atoms with Crippen LogP contribution in [-0.2, 0) is 29.2 Å². The van der Waals surface area contributed by atoms with E-state index < -0.39 is 9.73 Å². The molecule has 0 bridgehead atoms. The third-order valence-corrected chi connectivity index (χ3v) is 7.16. The van der Waals surface area contributed by atoms with E-state index >= 15 is 0 Å². The van der Waals surface area contributed by atoms with Gasteiger partial charge >= 0.3 is 0 Å². The first-order valence-electron chi connectivity index (χ1n) is 12.5. The van der Waals surface area contributed by atoms with Crippen LogP contribution in [0.25, 0.3) is 16.9 Å². The molecule has 1 aliphatic heterocycles. The molecule has 0 saturated carbocycles. The zero-order valence-electron chi connectivity index (χ0n) is 22.8. The molecular weight excluding hydrogens is 516 g/mol. The molecule has 4 aromatic rings. The first-order chi connectivity index (χ1) is 18.6. The molecule has 5 rings (SSSR count). The zero-order valence-corrected chi connectivity index (χ0v) is 23.6. The third kappa shape index (κ3) is 5.30. The van der Waals surface area contributed by atoms with E-state index in [4.69, 9.17) is 9.72 Å². The van der Waals surface area contributed by atoms with Gasteiger partial charge in [-0.3, -0.25) is 4.79 Å². The number of nitrogens with zero attached hydrogens (tertiary/aromatic N) is 7. The van der Waals surface area contributed by atoms with Gasteiger partial charge in [-0.2, -0.15) is 9.35 Å². The Morgan fingerprint density at radius 3 is 2.77 bits per heavy atom. The van der Waals surface area contributed by atoms with Crippen molar-refractivity contribution in [3.63, 3.8) is 0 Å². The number of hydrogen-bond acceptors (Lipinski definition) is 9. The maximum absolute atomic E-state index is 13.3. The van der Waals surface area contributed by atoms with Crippen LogP contribution in [0.15, 0.2) is 52.3 Å². The molecular formula is C27H32N8O3S. The van der Waals surface area contributed by atoms with Crippen LogP contribution < -0.4 is 15.6 Å². The van der Waals surface area contributed by atoms with Crippen molar-refractivity contribution >= 4 is 38.2 Å². The summed E-state index contributed by atoms with van der Waals surface area (Å²) in [5.74, 6) is 1.25. The van der Waals surface area contributed by atoms with E-state index in [0.717, 1.165) is 25.2 Å². The van der Waals surface area contributed by atoms with E-state index in [9.17, 15) is 9.00 Å². The molecule has 39 heavy (non-hydrogen) atoms. The summed E-state index contributed by atoms with van der Waals surface area (Å²) in [7, 11) is 1.09. The highest BCUT2D eigenvalue weighted by molar-refractivity contribution is 7.92. The van der Waals surface area contributed by atoms with Crippen LogP contribution in [0, 0.1) is 6.92 Å². The molecule has 0 radical (unpaired) electrons. The molecule has 1 aliphatic rings. The maximum atomic E-state index is 13.3. The van der Waals surface area contributed by atoms with Crippen molar-refractivity contribution in [2.75, 3.05) is 38.5 Å². The number of likely N-dealkylation sites (N-methyl/N-ethyl adjacent to an activating group) is 1. The lowest BCUT2D eigenvalue weighted by atomic mass is 9.94. The Hall–Kier alpha value is -4.03. The van der Waals surface area contributed by atoms with Gasteiger partial charge in [0.15, 0.2) is 17.2 Å².